The van der Waals surface area contributed by atoms with Crippen LogP contribution in [0.4, 0.5) is 0 Å². The topological polar surface area (TPSA) is 24.9 Å². The molecule has 2 nitrogen and oxygen atoms in total. The van der Waals surface area contributed by atoms with Gasteiger partial charge in [0.25, 0.3) is 0 Å². The second kappa shape index (κ2) is 4.53. The average Bonchev–Trinajstić information content (AvgIpc) is 2.74. The van der Waals surface area contributed by atoms with Gasteiger partial charge in [-0.25, -0.2) is 4.98 Å². The summed E-state index contributed by atoms with van der Waals surface area (Å²) in [5.74, 6) is 0. The van der Waals surface area contributed by atoms with Crippen molar-refractivity contribution in [3.8, 4) is 9.88 Å². The molecule has 0 bridgehead atoms. The molecule has 5 heteroatoms. The monoisotopic (exact) mass is 288 g/mol. The lowest BCUT2D eigenvalue weighted by molar-refractivity contribution is 0.798. The third-order valence-corrected chi connectivity index (χ3v) is 4.44. The molecular formula is C9H9BrN2S2. The van der Waals surface area contributed by atoms with Crippen LogP contribution in [0.3, 0.4) is 0 Å². The highest BCUT2D eigenvalue weighted by molar-refractivity contribution is 9.10. The van der Waals surface area contributed by atoms with Crippen LogP contribution in [0.1, 0.15) is 5.69 Å². The van der Waals surface area contributed by atoms with Gasteiger partial charge >= 0.3 is 0 Å². The first-order chi connectivity index (χ1) is 6.79. The predicted molar refractivity (Wildman–Crippen MR) is 65.9 cm³/mol. The number of aromatic nitrogens is 1. The molecule has 0 radical (unpaired) electrons. The molecular weight excluding hydrogens is 280 g/mol. The molecule has 0 spiro atoms. The molecule has 0 atom stereocenters. The Bertz CT molecular complexity index is 422. The van der Waals surface area contributed by atoms with E-state index in [2.05, 4.69) is 43.1 Å². The van der Waals surface area contributed by atoms with Gasteiger partial charge in [-0.1, -0.05) is 0 Å². The smallest absolute Gasteiger partial charge is 0.133 e. The largest absolute Gasteiger partial charge is 0.314 e. The van der Waals surface area contributed by atoms with E-state index in [-0.39, 0.29) is 0 Å². The van der Waals surface area contributed by atoms with E-state index >= 15 is 0 Å². The number of rotatable bonds is 3. The summed E-state index contributed by atoms with van der Waals surface area (Å²) in [6.45, 7) is 0.836. The molecule has 0 aliphatic rings. The summed E-state index contributed by atoms with van der Waals surface area (Å²) in [7, 11) is 1.93. The van der Waals surface area contributed by atoms with E-state index in [9.17, 15) is 0 Å². The van der Waals surface area contributed by atoms with Crippen LogP contribution in [0, 0.1) is 0 Å². The van der Waals surface area contributed by atoms with Crippen molar-refractivity contribution in [2.75, 3.05) is 7.05 Å². The molecule has 2 heterocycles. The standard InChI is InChI=1S/C9H9BrN2S2/c1-11-3-7-5-14-9(12-7)8-2-6(10)4-13-8/h2,4-5,11H,3H2,1H3. The first-order valence-corrected chi connectivity index (χ1v) is 6.68. The maximum atomic E-state index is 4.53. The Morgan fingerprint density at radius 1 is 1.43 bits per heavy atom. The summed E-state index contributed by atoms with van der Waals surface area (Å²) in [5.41, 5.74) is 1.11. The van der Waals surface area contributed by atoms with Gasteiger partial charge in [0, 0.05) is 21.8 Å². The average molecular weight is 289 g/mol. The maximum absolute atomic E-state index is 4.53. The highest BCUT2D eigenvalue weighted by Gasteiger charge is 2.06. The van der Waals surface area contributed by atoms with E-state index in [1.54, 1.807) is 22.7 Å². The molecule has 0 unspecified atom stereocenters. The molecule has 74 valence electrons. The van der Waals surface area contributed by atoms with Crippen LogP contribution in [-0.2, 0) is 6.54 Å². The summed E-state index contributed by atoms with van der Waals surface area (Å²) in [6.07, 6.45) is 0. The number of thiophene rings is 1. The lowest BCUT2D eigenvalue weighted by Crippen LogP contribution is -2.04. The van der Waals surface area contributed by atoms with Gasteiger partial charge < -0.3 is 5.32 Å². The summed E-state index contributed by atoms with van der Waals surface area (Å²) >= 11 is 6.85. The molecule has 0 saturated carbocycles. The molecule has 2 rings (SSSR count). The van der Waals surface area contributed by atoms with Crippen molar-refractivity contribution in [2.24, 2.45) is 0 Å². The number of halogens is 1. The van der Waals surface area contributed by atoms with E-state index in [0.717, 1.165) is 21.7 Å². The summed E-state index contributed by atoms with van der Waals surface area (Å²) < 4.78 is 1.13. The van der Waals surface area contributed by atoms with Crippen molar-refractivity contribution in [3.05, 3.63) is 27.0 Å². The number of thiazole rings is 1. The van der Waals surface area contributed by atoms with Crippen molar-refractivity contribution in [3.63, 3.8) is 0 Å². The SMILES string of the molecule is CNCc1csc(-c2cc(Br)cs2)n1. The zero-order chi connectivity index (χ0) is 9.97. The van der Waals surface area contributed by atoms with Crippen molar-refractivity contribution in [1.29, 1.82) is 0 Å². The van der Waals surface area contributed by atoms with Crippen LogP contribution in [0.5, 0.6) is 0 Å². The van der Waals surface area contributed by atoms with Gasteiger partial charge in [0.1, 0.15) is 5.01 Å². The van der Waals surface area contributed by atoms with Crippen LogP contribution < -0.4 is 5.32 Å². The Labute approximate surface area is 99.1 Å². The summed E-state index contributed by atoms with van der Waals surface area (Å²) in [4.78, 5) is 5.76. The zero-order valence-corrected chi connectivity index (χ0v) is 10.8. The molecule has 0 aliphatic carbocycles. The van der Waals surface area contributed by atoms with Gasteiger partial charge in [0.05, 0.1) is 10.6 Å². The van der Waals surface area contributed by atoms with E-state index in [1.807, 2.05) is 7.05 Å². The van der Waals surface area contributed by atoms with Crippen molar-refractivity contribution < 1.29 is 0 Å². The molecule has 0 aromatic carbocycles. The van der Waals surface area contributed by atoms with Gasteiger partial charge in [-0.05, 0) is 29.0 Å². The minimum atomic E-state index is 0.836. The fourth-order valence-corrected chi connectivity index (χ4v) is 3.43. The van der Waals surface area contributed by atoms with Gasteiger partial charge in [-0.15, -0.1) is 22.7 Å². The third-order valence-electron chi connectivity index (χ3n) is 1.69. The maximum Gasteiger partial charge on any atom is 0.133 e. The normalized spacial score (nSPS) is 10.7. The second-order valence-electron chi connectivity index (χ2n) is 2.80. The first kappa shape index (κ1) is 10.3. The minimum Gasteiger partial charge on any atom is -0.314 e. The van der Waals surface area contributed by atoms with Crippen molar-refractivity contribution >= 4 is 38.6 Å². The zero-order valence-electron chi connectivity index (χ0n) is 7.58. The Kier molecular flexibility index (Phi) is 3.33. The molecule has 0 saturated heterocycles. The fraction of sp³-hybridized carbons (Fsp3) is 0.222. The lowest BCUT2D eigenvalue weighted by atomic mass is 10.4. The first-order valence-electron chi connectivity index (χ1n) is 4.13. The van der Waals surface area contributed by atoms with Crippen LogP contribution in [0.2, 0.25) is 0 Å². The number of hydrogen-bond acceptors (Lipinski definition) is 4. The molecule has 1 N–H and O–H groups in total. The Morgan fingerprint density at radius 2 is 2.29 bits per heavy atom. The second-order valence-corrected chi connectivity index (χ2v) is 5.49. The molecule has 2 aromatic heterocycles. The Morgan fingerprint density at radius 3 is 2.93 bits per heavy atom. The number of nitrogens with zero attached hydrogens (tertiary/aromatic N) is 1. The van der Waals surface area contributed by atoms with Crippen molar-refractivity contribution in [2.45, 2.75) is 6.54 Å². The summed E-state index contributed by atoms with van der Waals surface area (Å²) in [5, 5.41) is 8.37. The number of nitrogens with one attached hydrogen (secondary N) is 1. The van der Waals surface area contributed by atoms with E-state index in [4.69, 9.17) is 0 Å². The van der Waals surface area contributed by atoms with Crippen LogP contribution >= 0.6 is 38.6 Å². The van der Waals surface area contributed by atoms with Crippen LogP contribution in [-0.4, -0.2) is 12.0 Å². The molecule has 0 aliphatic heterocycles. The predicted octanol–water partition coefficient (Wildman–Crippen LogP) is 3.35. The van der Waals surface area contributed by atoms with Gasteiger partial charge in [0.15, 0.2) is 0 Å². The van der Waals surface area contributed by atoms with Crippen LogP contribution in [0.25, 0.3) is 9.88 Å². The van der Waals surface area contributed by atoms with Gasteiger partial charge in [-0.2, -0.15) is 0 Å². The molecule has 14 heavy (non-hydrogen) atoms. The number of hydrogen-bond donors (Lipinski definition) is 1. The van der Waals surface area contributed by atoms with E-state index < -0.39 is 0 Å². The van der Waals surface area contributed by atoms with Crippen molar-refractivity contribution in [1.82, 2.24) is 10.3 Å². The quantitative estimate of drug-likeness (QED) is 0.937. The van der Waals surface area contributed by atoms with Crippen LogP contribution in [0.15, 0.2) is 21.3 Å². The van der Waals surface area contributed by atoms with Gasteiger partial charge in [0.2, 0.25) is 0 Å². The van der Waals surface area contributed by atoms with E-state index in [1.165, 1.54) is 4.88 Å². The Hall–Kier alpha value is -0.230. The lowest BCUT2D eigenvalue weighted by Gasteiger charge is -1.91. The molecule has 0 fully saturated rings. The van der Waals surface area contributed by atoms with Gasteiger partial charge in [-0.3, -0.25) is 0 Å². The fourth-order valence-electron chi connectivity index (χ4n) is 1.11. The minimum absolute atomic E-state index is 0.836. The molecule has 0 amide bonds. The highest BCUT2D eigenvalue weighted by Crippen LogP contribution is 2.31. The highest BCUT2D eigenvalue weighted by atomic mass is 79.9. The van der Waals surface area contributed by atoms with E-state index in [0.29, 0.717) is 0 Å². The summed E-state index contributed by atoms with van der Waals surface area (Å²) in [6, 6.07) is 2.10. The third kappa shape index (κ3) is 2.23. The molecule has 2 aromatic rings. The Balaban J connectivity index is 2.24.